The predicted molar refractivity (Wildman–Crippen MR) is 86.6 cm³/mol. The number of nitrogens with zero attached hydrogens (tertiary/aromatic N) is 2. The Kier molecular flexibility index (Phi) is 4.76. The predicted octanol–water partition coefficient (Wildman–Crippen LogP) is 3.27. The summed E-state index contributed by atoms with van der Waals surface area (Å²) in [6.07, 6.45) is 1.91. The Balaban J connectivity index is 1.66. The molecule has 2 aromatic rings. The van der Waals surface area contributed by atoms with Gasteiger partial charge in [0, 0.05) is 12.6 Å². The van der Waals surface area contributed by atoms with Crippen molar-refractivity contribution < 1.29 is 13.9 Å². The van der Waals surface area contributed by atoms with Crippen molar-refractivity contribution in [3.05, 3.63) is 65.5 Å². The molecule has 0 aliphatic heterocycles. The van der Waals surface area contributed by atoms with E-state index in [1.54, 1.807) is 41.3 Å². The molecule has 24 heavy (non-hydrogen) atoms. The van der Waals surface area contributed by atoms with Crippen molar-refractivity contribution in [1.82, 2.24) is 4.90 Å². The number of carbonyl (C=O) groups excluding carboxylic acids is 1. The summed E-state index contributed by atoms with van der Waals surface area (Å²) < 4.78 is 18.9. The second-order valence-corrected chi connectivity index (χ2v) is 5.78. The largest absolute Gasteiger partial charge is 0.482 e. The first-order valence-corrected chi connectivity index (χ1v) is 7.83. The lowest BCUT2D eigenvalue weighted by atomic mass is 10.2. The SMILES string of the molecule is N#Cc1ccccc1OCC(=O)N(Cc1cccc(F)c1)C1CC1. The van der Waals surface area contributed by atoms with Gasteiger partial charge in [-0.15, -0.1) is 0 Å². The quantitative estimate of drug-likeness (QED) is 0.819. The molecule has 0 saturated heterocycles. The number of amides is 1. The highest BCUT2D eigenvalue weighted by Crippen LogP contribution is 2.29. The molecule has 0 atom stereocenters. The highest BCUT2D eigenvalue weighted by atomic mass is 19.1. The van der Waals surface area contributed by atoms with Crippen LogP contribution in [0.15, 0.2) is 48.5 Å². The molecule has 1 amide bonds. The molecule has 0 radical (unpaired) electrons. The van der Waals surface area contributed by atoms with Gasteiger partial charge in [0.25, 0.3) is 5.91 Å². The average molecular weight is 324 g/mol. The highest BCUT2D eigenvalue weighted by Gasteiger charge is 2.32. The fourth-order valence-corrected chi connectivity index (χ4v) is 2.55. The topological polar surface area (TPSA) is 53.3 Å². The molecule has 1 aliphatic carbocycles. The third-order valence-electron chi connectivity index (χ3n) is 3.91. The highest BCUT2D eigenvalue weighted by molar-refractivity contribution is 5.78. The summed E-state index contributed by atoms with van der Waals surface area (Å²) in [7, 11) is 0. The summed E-state index contributed by atoms with van der Waals surface area (Å²) in [4.78, 5) is 14.2. The van der Waals surface area contributed by atoms with E-state index in [0.29, 0.717) is 17.9 Å². The zero-order valence-corrected chi connectivity index (χ0v) is 13.1. The molecule has 0 bridgehead atoms. The fraction of sp³-hybridized carbons (Fsp3) is 0.263. The maximum atomic E-state index is 13.3. The van der Waals surface area contributed by atoms with E-state index >= 15 is 0 Å². The maximum absolute atomic E-state index is 13.3. The van der Waals surface area contributed by atoms with E-state index < -0.39 is 0 Å². The number of carbonyl (C=O) groups is 1. The Morgan fingerprint density at radius 3 is 2.75 bits per heavy atom. The van der Waals surface area contributed by atoms with Crippen LogP contribution in [0.25, 0.3) is 0 Å². The molecule has 1 saturated carbocycles. The van der Waals surface area contributed by atoms with Gasteiger partial charge in [0.1, 0.15) is 17.6 Å². The smallest absolute Gasteiger partial charge is 0.261 e. The lowest BCUT2D eigenvalue weighted by molar-refractivity contribution is -0.134. The first-order chi connectivity index (χ1) is 11.7. The van der Waals surface area contributed by atoms with Gasteiger partial charge >= 0.3 is 0 Å². The number of halogens is 1. The molecule has 0 spiro atoms. The molecule has 1 aliphatic rings. The van der Waals surface area contributed by atoms with E-state index in [1.165, 1.54) is 12.1 Å². The van der Waals surface area contributed by atoms with Gasteiger partial charge in [-0.3, -0.25) is 4.79 Å². The normalized spacial score (nSPS) is 13.2. The van der Waals surface area contributed by atoms with Crippen molar-refractivity contribution in [1.29, 1.82) is 5.26 Å². The molecule has 0 aromatic heterocycles. The van der Waals surface area contributed by atoms with Crippen molar-refractivity contribution in [2.45, 2.75) is 25.4 Å². The van der Waals surface area contributed by atoms with E-state index in [9.17, 15) is 9.18 Å². The molecule has 1 fully saturated rings. The summed E-state index contributed by atoms with van der Waals surface area (Å²) in [5.74, 6) is -0.0701. The molecule has 0 heterocycles. The van der Waals surface area contributed by atoms with E-state index in [-0.39, 0.29) is 24.4 Å². The van der Waals surface area contributed by atoms with Crippen LogP contribution in [0.1, 0.15) is 24.0 Å². The molecule has 3 rings (SSSR count). The lowest BCUT2D eigenvalue weighted by Gasteiger charge is -2.23. The third kappa shape index (κ3) is 3.90. The number of rotatable bonds is 6. The van der Waals surface area contributed by atoms with Crippen LogP contribution in [0.3, 0.4) is 0 Å². The number of nitriles is 1. The second kappa shape index (κ2) is 7.14. The van der Waals surface area contributed by atoms with Crippen LogP contribution in [0.5, 0.6) is 5.75 Å². The summed E-state index contributed by atoms with van der Waals surface area (Å²) in [6.45, 7) is 0.231. The standard InChI is InChI=1S/C19H17FN2O2/c20-16-6-3-4-14(10-16)12-22(17-8-9-17)19(23)13-24-18-7-2-1-5-15(18)11-21/h1-7,10,17H,8-9,12-13H2. The van der Waals surface area contributed by atoms with Crippen molar-refractivity contribution in [2.75, 3.05) is 6.61 Å². The number of para-hydroxylation sites is 1. The molecular formula is C19H17FN2O2. The van der Waals surface area contributed by atoms with Gasteiger partial charge < -0.3 is 9.64 Å². The molecule has 122 valence electrons. The van der Waals surface area contributed by atoms with Gasteiger partial charge in [0.2, 0.25) is 0 Å². The Morgan fingerprint density at radius 2 is 2.04 bits per heavy atom. The number of benzene rings is 2. The van der Waals surface area contributed by atoms with Gasteiger partial charge in [-0.05, 0) is 42.7 Å². The van der Waals surface area contributed by atoms with Crippen molar-refractivity contribution in [2.24, 2.45) is 0 Å². The monoisotopic (exact) mass is 324 g/mol. The van der Waals surface area contributed by atoms with Crippen LogP contribution in [-0.4, -0.2) is 23.5 Å². The van der Waals surface area contributed by atoms with Gasteiger partial charge in [-0.25, -0.2) is 4.39 Å². The number of hydrogen-bond acceptors (Lipinski definition) is 3. The summed E-state index contributed by atoms with van der Waals surface area (Å²) in [5, 5.41) is 9.05. The van der Waals surface area contributed by atoms with Gasteiger partial charge in [0.15, 0.2) is 6.61 Å². The summed E-state index contributed by atoms with van der Waals surface area (Å²) in [6, 6.07) is 15.3. The summed E-state index contributed by atoms with van der Waals surface area (Å²) in [5.41, 5.74) is 1.15. The van der Waals surface area contributed by atoms with E-state index in [0.717, 1.165) is 18.4 Å². The van der Waals surface area contributed by atoms with Crippen LogP contribution in [0, 0.1) is 17.1 Å². The molecule has 4 nitrogen and oxygen atoms in total. The van der Waals surface area contributed by atoms with E-state index in [1.807, 2.05) is 6.07 Å². The minimum absolute atomic E-state index is 0.134. The molecule has 0 N–H and O–H groups in total. The van der Waals surface area contributed by atoms with Crippen molar-refractivity contribution in [3.8, 4) is 11.8 Å². The van der Waals surface area contributed by atoms with Crippen LogP contribution in [0.2, 0.25) is 0 Å². The molecule has 5 heteroatoms. The van der Waals surface area contributed by atoms with Crippen LogP contribution >= 0.6 is 0 Å². The minimum atomic E-state index is -0.310. The van der Waals surface area contributed by atoms with Gasteiger partial charge in [-0.1, -0.05) is 24.3 Å². The van der Waals surface area contributed by atoms with Crippen LogP contribution in [-0.2, 0) is 11.3 Å². The molecule has 2 aromatic carbocycles. The lowest BCUT2D eigenvalue weighted by Crippen LogP contribution is -2.36. The average Bonchev–Trinajstić information content (AvgIpc) is 3.43. The third-order valence-corrected chi connectivity index (χ3v) is 3.91. The zero-order chi connectivity index (χ0) is 16.9. The van der Waals surface area contributed by atoms with Crippen molar-refractivity contribution >= 4 is 5.91 Å². The minimum Gasteiger partial charge on any atom is -0.482 e. The first kappa shape index (κ1) is 16.0. The Labute approximate surface area is 140 Å². The fourth-order valence-electron chi connectivity index (χ4n) is 2.55. The van der Waals surface area contributed by atoms with E-state index in [2.05, 4.69) is 0 Å². The van der Waals surface area contributed by atoms with E-state index in [4.69, 9.17) is 10.00 Å². The summed E-state index contributed by atoms with van der Waals surface area (Å²) >= 11 is 0. The Morgan fingerprint density at radius 1 is 1.25 bits per heavy atom. The zero-order valence-electron chi connectivity index (χ0n) is 13.1. The first-order valence-electron chi connectivity index (χ1n) is 7.83. The van der Waals surface area contributed by atoms with Gasteiger partial charge in [0.05, 0.1) is 5.56 Å². The maximum Gasteiger partial charge on any atom is 0.261 e. The number of ether oxygens (including phenoxy) is 1. The Hall–Kier alpha value is -2.87. The van der Waals surface area contributed by atoms with Gasteiger partial charge in [-0.2, -0.15) is 5.26 Å². The molecular weight excluding hydrogens is 307 g/mol. The second-order valence-electron chi connectivity index (χ2n) is 5.78. The Bertz CT molecular complexity index is 781. The number of hydrogen-bond donors (Lipinski definition) is 0. The van der Waals surface area contributed by atoms with Crippen LogP contribution < -0.4 is 4.74 Å². The van der Waals surface area contributed by atoms with Crippen LogP contribution in [0.4, 0.5) is 4.39 Å². The van der Waals surface area contributed by atoms with Crippen molar-refractivity contribution in [3.63, 3.8) is 0 Å². The molecule has 0 unspecified atom stereocenters.